The highest BCUT2D eigenvalue weighted by Gasteiger charge is 2.39. The summed E-state index contributed by atoms with van der Waals surface area (Å²) >= 11 is 0. The first-order valence-electron chi connectivity index (χ1n) is 11.3. The predicted octanol–water partition coefficient (Wildman–Crippen LogP) is 7.99. The molecule has 150 valence electrons. The summed E-state index contributed by atoms with van der Waals surface area (Å²) in [4.78, 5) is 11.9. The van der Waals surface area contributed by atoms with Crippen LogP contribution < -0.4 is 0 Å². The van der Waals surface area contributed by atoms with Crippen molar-refractivity contribution in [3.8, 4) is 0 Å². The van der Waals surface area contributed by atoms with E-state index in [1.165, 1.54) is 77.0 Å². The molecule has 1 unspecified atom stereocenters. The summed E-state index contributed by atoms with van der Waals surface area (Å²) in [6.07, 6.45) is 19.5. The number of unbranched alkanes of at least 4 members (excludes halogenated alkanes) is 10. The second-order valence-corrected chi connectivity index (χ2v) is 8.05. The molecule has 2 heteroatoms. The molecule has 0 aromatic carbocycles. The van der Waals surface area contributed by atoms with Crippen LogP contribution in [0.1, 0.15) is 130 Å². The Bertz CT molecular complexity index is 295. The zero-order valence-corrected chi connectivity index (χ0v) is 17.7. The zero-order valence-electron chi connectivity index (χ0n) is 17.7. The third-order valence-corrected chi connectivity index (χ3v) is 6.21. The van der Waals surface area contributed by atoms with Gasteiger partial charge in [-0.15, -0.1) is 0 Å². The maximum Gasteiger partial charge on any atom is 0.307 e. The Morgan fingerprint density at radius 1 is 0.720 bits per heavy atom. The van der Waals surface area contributed by atoms with Crippen LogP contribution in [0.2, 0.25) is 0 Å². The molecular formula is C23H46O2. The summed E-state index contributed by atoms with van der Waals surface area (Å²) in [5.41, 5.74) is 0.0239. The third kappa shape index (κ3) is 10.3. The zero-order chi connectivity index (χ0) is 19.0. The first-order chi connectivity index (χ1) is 12.1. The van der Waals surface area contributed by atoms with Crippen LogP contribution >= 0.6 is 0 Å². The van der Waals surface area contributed by atoms with E-state index < -0.39 is 5.97 Å². The second-order valence-electron chi connectivity index (χ2n) is 8.05. The van der Waals surface area contributed by atoms with Crippen LogP contribution in [-0.2, 0) is 4.79 Å². The van der Waals surface area contributed by atoms with Gasteiger partial charge in [0.1, 0.15) is 0 Å². The predicted molar refractivity (Wildman–Crippen MR) is 110 cm³/mol. The standard InChI is InChI=1S/C23H46O2/c1-5-9-11-13-15-17-19-23(8-4,21(7-3)22(24)25)20-18-16-14-12-10-6-2/h21H,5-20H2,1-4H3,(H,24,25). The van der Waals surface area contributed by atoms with Gasteiger partial charge in [-0.1, -0.05) is 105 Å². The van der Waals surface area contributed by atoms with E-state index >= 15 is 0 Å². The molecule has 25 heavy (non-hydrogen) atoms. The lowest BCUT2D eigenvalue weighted by atomic mass is 9.66. The maximum absolute atomic E-state index is 11.9. The molecular weight excluding hydrogens is 308 g/mol. The molecule has 0 spiro atoms. The van der Waals surface area contributed by atoms with Crippen LogP contribution in [0.3, 0.4) is 0 Å². The Morgan fingerprint density at radius 2 is 1.12 bits per heavy atom. The Hall–Kier alpha value is -0.530. The molecule has 0 aromatic heterocycles. The summed E-state index contributed by atoms with van der Waals surface area (Å²) in [6.45, 7) is 8.79. The van der Waals surface area contributed by atoms with E-state index in [2.05, 4.69) is 27.7 Å². The van der Waals surface area contributed by atoms with Crippen LogP contribution in [0.4, 0.5) is 0 Å². The van der Waals surface area contributed by atoms with Crippen molar-refractivity contribution >= 4 is 5.97 Å². The molecule has 0 saturated carbocycles. The van der Waals surface area contributed by atoms with E-state index in [9.17, 15) is 9.90 Å². The van der Waals surface area contributed by atoms with Gasteiger partial charge in [0.05, 0.1) is 5.92 Å². The molecule has 0 aliphatic carbocycles. The van der Waals surface area contributed by atoms with Crippen molar-refractivity contribution in [3.63, 3.8) is 0 Å². The van der Waals surface area contributed by atoms with Crippen molar-refractivity contribution in [2.45, 2.75) is 130 Å². The minimum absolute atomic E-state index is 0.0239. The molecule has 1 atom stereocenters. The normalized spacial score (nSPS) is 13.1. The summed E-state index contributed by atoms with van der Waals surface area (Å²) in [5.74, 6) is -0.731. The molecule has 0 fully saturated rings. The van der Waals surface area contributed by atoms with Crippen LogP contribution in [-0.4, -0.2) is 11.1 Å². The molecule has 0 aliphatic rings. The van der Waals surface area contributed by atoms with Gasteiger partial charge >= 0.3 is 5.97 Å². The summed E-state index contributed by atoms with van der Waals surface area (Å²) < 4.78 is 0. The van der Waals surface area contributed by atoms with Gasteiger partial charge in [-0.25, -0.2) is 0 Å². The monoisotopic (exact) mass is 354 g/mol. The van der Waals surface area contributed by atoms with Crippen LogP contribution in [0.5, 0.6) is 0 Å². The lowest BCUT2D eigenvalue weighted by Crippen LogP contribution is -2.35. The molecule has 0 saturated heterocycles. The molecule has 0 heterocycles. The van der Waals surface area contributed by atoms with Crippen molar-refractivity contribution in [1.29, 1.82) is 0 Å². The van der Waals surface area contributed by atoms with Gasteiger partial charge < -0.3 is 5.11 Å². The summed E-state index contributed by atoms with van der Waals surface area (Å²) in [7, 11) is 0. The fourth-order valence-electron chi connectivity index (χ4n) is 4.46. The smallest absolute Gasteiger partial charge is 0.307 e. The van der Waals surface area contributed by atoms with Crippen LogP contribution in [0, 0.1) is 11.3 Å². The van der Waals surface area contributed by atoms with E-state index in [0.717, 1.165) is 25.7 Å². The van der Waals surface area contributed by atoms with Crippen molar-refractivity contribution in [2.75, 3.05) is 0 Å². The minimum Gasteiger partial charge on any atom is -0.481 e. The van der Waals surface area contributed by atoms with Crippen molar-refractivity contribution < 1.29 is 9.90 Å². The lowest BCUT2D eigenvalue weighted by molar-refractivity contribution is -0.148. The first kappa shape index (κ1) is 24.5. The summed E-state index contributed by atoms with van der Waals surface area (Å²) in [5, 5.41) is 9.79. The maximum atomic E-state index is 11.9. The van der Waals surface area contributed by atoms with Gasteiger partial charge in [0.25, 0.3) is 0 Å². The number of hydrogen-bond acceptors (Lipinski definition) is 1. The average Bonchev–Trinajstić information content (AvgIpc) is 2.60. The molecule has 2 nitrogen and oxygen atoms in total. The number of carbonyl (C=O) groups is 1. The van der Waals surface area contributed by atoms with Gasteiger partial charge in [0.15, 0.2) is 0 Å². The lowest BCUT2D eigenvalue weighted by Gasteiger charge is -2.38. The number of hydrogen-bond donors (Lipinski definition) is 1. The van der Waals surface area contributed by atoms with Gasteiger partial charge in [-0.2, -0.15) is 0 Å². The van der Waals surface area contributed by atoms with Gasteiger partial charge in [-0.05, 0) is 31.1 Å². The number of carboxylic acid groups (broad SMARTS) is 1. The Labute approximate surface area is 158 Å². The molecule has 1 N–H and O–H groups in total. The largest absolute Gasteiger partial charge is 0.481 e. The number of aliphatic carboxylic acids is 1. The van der Waals surface area contributed by atoms with Gasteiger partial charge in [0.2, 0.25) is 0 Å². The molecule has 0 aromatic rings. The highest BCUT2D eigenvalue weighted by Crippen LogP contribution is 2.44. The van der Waals surface area contributed by atoms with E-state index in [-0.39, 0.29) is 11.3 Å². The fraction of sp³-hybridized carbons (Fsp3) is 0.957. The minimum atomic E-state index is -0.568. The number of rotatable bonds is 18. The van der Waals surface area contributed by atoms with E-state index in [1.807, 2.05) is 0 Å². The molecule has 0 amide bonds. The Kier molecular flexibility index (Phi) is 15.4. The van der Waals surface area contributed by atoms with Crippen molar-refractivity contribution in [3.05, 3.63) is 0 Å². The van der Waals surface area contributed by atoms with Crippen molar-refractivity contribution in [1.82, 2.24) is 0 Å². The highest BCUT2D eigenvalue weighted by molar-refractivity contribution is 5.71. The quantitative estimate of drug-likeness (QED) is 0.253. The SMILES string of the molecule is CCCCCCCCC(CC)(CCCCCCCC)C(CC)C(=O)O. The molecule has 0 rings (SSSR count). The highest BCUT2D eigenvalue weighted by atomic mass is 16.4. The van der Waals surface area contributed by atoms with Crippen molar-refractivity contribution in [2.24, 2.45) is 11.3 Å². The Morgan fingerprint density at radius 3 is 1.44 bits per heavy atom. The van der Waals surface area contributed by atoms with E-state index in [1.54, 1.807) is 0 Å². The van der Waals surface area contributed by atoms with Gasteiger partial charge in [-0.3, -0.25) is 4.79 Å². The first-order valence-corrected chi connectivity index (χ1v) is 11.3. The second kappa shape index (κ2) is 15.7. The molecule has 0 aliphatic heterocycles. The Balaban J connectivity index is 4.58. The van der Waals surface area contributed by atoms with E-state index in [0.29, 0.717) is 0 Å². The third-order valence-electron chi connectivity index (χ3n) is 6.21. The molecule has 0 radical (unpaired) electrons. The van der Waals surface area contributed by atoms with Crippen LogP contribution in [0.15, 0.2) is 0 Å². The molecule has 0 bridgehead atoms. The summed E-state index contributed by atoms with van der Waals surface area (Å²) in [6, 6.07) is 0. The van der Waals surface area contributed by atoms with E-state index in [4.69, 9.17) is 0 Å². The fourth-order valence-corrected chi connectivity index (χ4v) is 4.46. The average molecular weight is 355 g/mol. The number of carboxylic acids is 1. The van der Waals surface area contributed by atoms with Crippen LogP contribution in [0.25, 0.3) is 0 Å². The van der Waals surface area contributed by atoms with Gasteiger partial charge in [0, 0.05) is 0 Å². The topological polar surface area (TPSA) is 37.3 Å².